The van der Waals surface area contributed by atoms with E-state index >= 15 is 0 Å². The average Bonchev–Trinajstić information content (AvgIpc) is 2.85. The molecule has 0 bridgehead atoms. The summed E-state index contributed by atoms with van der Waals surface area (Å²) in [6, 6.07) is 5.55. The topological polar surface area (TPSA) is 75.1 Å². The van der Waals surface area contributed by atoms with Gasteiger partial charge in [0, 0.05) is 38.4 Å². The molecule has 0 aromatic carbocycles. The van der Waals surface area contributed by atoms with Gasteiger partial charge < -0.3 is 15.5 Å². The molecule has 0 saturated carbocycles. The van der Waals surface area contributed by atoms with Crippen LogP contribution in [-0.4, -0.2) is 34.9 Å². The maximum atomic E-state index is 12.0. The summed E-state index contributed by atoms with van der Waals surface area (Å²) in [5.74, 6) is 0.868. The van der Waals surface area contributed by atoms with Crippen LogP contribution in [-0.2, 0) is 19.6 Å². The highest BCUT2D eigenvalue weighted by Gasteiger charge is 2.11. The molecule has 2 N–H and O–H groups in total. The number of amides is 2. The first-order valence-electron chi connectivity index (χ1n) is 8.10. The highest BCUT2D eigenvalue weighted by Crippen LogP contribution is 2.12. The van der Waals surface area contributed by atoms with Crippen molar-refractivity contribution in [3.05, 3.63) is 40.8 Å². The Hall–Kier alpha value is -2.57. The van der Waals surface area contributed by atoms with Crippen LogP contribution in [0.4, 0.5) is 10.6 Å². The molecule has 0 radical (unpaired) electrons. The van der Waals surface area contributed by atoms with E-state index in [1.165, 1.54) is 0 Å². The molecule has 2 rings (SSSR count). The molecule has 0 unspecified atom stereocenters. The SMILES string of the molecule is CCn1nc(C)c(CNC(=O)NCc2cccc(N(C)C)n2)c1C. The number of aromatic nitrogens is 3. The van der Waals surface area contributed by atoms with Crippen LogP contribution in [0.2, 0.25) is 0 Å². The predicted molar refractivity (Wildman–Crippen MR) is 95.0 cm³/mol. The molecule has 0 saturated heterocycles. The molecule has 0 spiro atoms. The number of rotatable bonds is 6. The molecule has 0 aliphatic heterocycles. The van der Waals surface area contributed by atoms with Gasteiger partial charge >= 0.3 is 6.03 Å². The van der Waals surface area contributed by atoms with Crippen molar-refractivity contribution in [1.82, 2.24) is 25.4 Å². The van der Waals surface area contributed by atoms with Crippen molar-refractivity contribution < 1.29 is 4.79 Å². The smallest absolute Gasteiger partial charge is 0.315 e. The molecule has 24 heavy (non-hydrogen) atoms. The number of hydrogen-bond acceptors (Lipinski definition) is 4. The van der Waals surface area contributed by atoms with Crippen LogP contribution in [0, 0.1) is 13.8 Å². The van der Waals surface area contributed by atoms with Crippen LogP contribution in [0.15, 0.2) is 18.2 Å². The maximum absolute atomic E-state index is 12.0. The molecule has 130 valence electrons. The van der Waals surface area contributed by atoms with E-state index < -0.39 is 0 Å². The standard InChI is InChI=1S/C17H26N6O/c1-6-23-13(3)15(12(2)21-23)11-19-17(24)18-10-14-8-7-9-16(20-14)22(4)5/h7-9H,6,10-11H2,1-5H3,(H2,18,19,24). The summed E-state index contributed by atoms with van der Waals surface area (Å²) in [6.07, 6.45) is 0. The Balaban J connectivity index is 1.88. The van der Waals surface area contributed by atoms with Gasteiger partial charge in [0.1, 0.15) is 5.82 Å². The third kappa shape index (κ3) is 4.24. The highest BCUT2D eigenvalue weighted by molar-refractivity contribution is 5.73. The molecule has 7 heteroatoms. The molecule has 2 heterocycles. The van der Waals surface area contributed by atoms with Gasteiger partial charge in [-0.25, -0.2) is 9.78 Å². The van der Waals surface area contributed by atoms with E-state index in [9.17, 15) is 4.79 Å². The number of anilines is 1. The van der Waals surface area contributed by atoms with E-state index in [0.717, 1.165) is 35.0 Å². The van der Waals surface area contributed by atoms with Crippen LogP contribution < -0.4 is 15.5 Å². The third-order valence-corrected chi connectivity index (χ3v) is 3.94. The minimum Gasteiger partial charge on any atom is -0.363 e. The van der Waals surface area contributed by atoms with Gasteiger partial charge in [0.25, 0.3) is 0 Å². The summed E-state index contributed by atoms with van der Waals surface area (Å²) in [6.45, 7) is 7.72. The van der Waals surface area contributed by atoms with Gasteiger partial charge in [0.05, 0.1) is 17.9 Å². The fourth-order valence-corrected chi connectivity index (χ4v) is 2.51. The lowest BCUT2D eigenvalue weighted by molar-refractivity contribution is 0.240. The van der Waals surface area contributed by atoms with Gasteiger partial charge in [0.2, 0.25) is 0 Å². The van der Waals surface area contributed by atoms with Gasteiger partial charge in [-0.05, 0) is 32.9 Å². The second-order valence-electron chi connectivity index (χ2n) is 5.88. The zero-order chi connectivity index (χ0) is 17.7. The Morgan fingerprint density at radius 3 is 2.54 bits per heavy atom. The summed E-state index contributed by atoms with van der Waals surface area (Å²) in [4.78, 5) is 18.4. The van der Waals surface area contributed by atoms with E-state index in [0.29, 0.717) is 13.1 Å². The highest BCUT2D eigenvalue weighted by atomic mass is 16.2. The van der Waals surface area contributed by atoms with Gasteiger partial charge in [0.15, 0.2) is 0 Å². The molecule has 0 aliphatic rings. The average molecular weight is 330 g/mol. The first-order valence-corrected chi connectivity index (χ1v) is 8.10. The molecule has 0 fully saturated rings. The van der Waals surface area contributed by atoms with Crippen molar-refractivity contribution in [2.24, 2.45) is 0 Å². The van der Waals surface area contributed by atoms with E-state index in [2.05, 4.69) is 27.6 Å². The quantitative estimate of drug-likeness (QED) is 0.849. The molecule has 2 aromatic rings. The van der Waals surface area contributed by atoms with E-state index in [4.69, 9.17) is 0 Å². The maximum Gasteiger partial charge on any atom is 0.315 e. The lowest BCUT2D eigenvalue weighted by atomic mass is 10.2. The van der Waals surface area contributed by atoms with Crippen LogP contribution in [0.1, 0.15) is 29.6 Å². The first-order chi connectivity index (χ1) is 11.4. The number of pyridine rings is 1. The van der Waals surface area contributed by atoms with Gasteiger partial charge in [-0.2, -0.15) is 5.10 Å². The molecule has 2 aromatic heterocycles. The number of nitrogens with zero attached hydrogens (tertiary/aromatic N) is 4. The third-order valence-electron chi connectivity index (χ3n) is 3.94. The second-order valence-corrected chi connectivity index (χ2v) is 5.88. The Kier molecular flexibility index (Phi) is 5.78. The summed E-state index contributed by atoms with van der Waals surface area (Å²) in [7, 11) is 3.88. The molecule has 2 amide bonds. The fraction of sp³-hybridized carbons (Fsp3) is 0.471. The first kappa shape index (κ1) is 17.8. The Morgan fingerprint density at radius 1 is 1.21 bits per heavy atom. The van der Waals surface area contributed by atoms with E-state index in [1.807, 2.05) is 55.7 Å². The number of aryl methyl sites for hydroxylation is 2. The Morgan fingerprint density at radius 2 is 1.92 bits per heavy atom. The number of carbonyl (C=O) groups is 1. The van der Waals surface area contributed by atoms with Crippen molar-refractivity contribution in [2.75, 3.05) is 19.0 Å². The zero-order valence-corrected chi connectivity index (χ0v) is 15.1. The summed E-state index contributed by atoms with van der Waals surface area (Å²) in [5.41, 5.74) is 3.94. The Labute approximate surface area is 143 Å². The van der Waals surface area contributed by atoms with Crippen molar-refractivity contribution in [1.29, 1.82) is 0 Å². The Bertz CT molecular complexity index is 707. The largest absolute Gasteiger partial charge is 0.363 e. The molecular weight excluding hydrogens is 304 g/mol. The van der Waals surface area contributed by atoms with Crippen molar-refractivity contribution in [3.8, 4) is 0 Å². The van der Waals surface area contributed by atoms with E-state index in [-0.39, 0.29) is 6.03 Å². The number of urea groups is 1. The van der Waals surface area contributed by atoms with Gasteiger partial charge in [-0.3, -0.25) is 4.68 Å². The molecular formula is C17H26N6O. The van der Waals surface area contributed by atoms with Crippen LogP contribution in [0.25, 0.3) is 0 Å². The van der Waals surface area contributed by atoms with Crippen molar-refractivity contribution in [3.63, 3.8) is 0 Å². The second kappa shape index (κ2) is 7.81. The molecule has 7 nitrogen and oxygen atoms in total. The molecule has 0 aliphatic carbocycles. The van der Waals surface area contributed by atoms with Gasteiger partial charge in [-0.1, -0.05) is 6.07 Å². The lowest BCUT2D eigenvalue weighted by Crippen LogP contribution is -2.35. The monoisotopic (exact) mass is 330 g/mol. The van der Waals surface area contributed by atoms with Crippen LogP contribution >= 0.6 is 0 Å². The molecule has 0 atom stereocenters. The summed E-state index contributed by atoms with van der Waals surface area (Å²) in [5, 5.41) is 10.2. The summed E-state index contributed by atoms with van der Waals surface area (Å²) >= 11 is 0. The van der Waals surface area contributed by atoms with E-state index in [1.54, 1.807) is 0 Å². The van der Waals surface area contributed by atoms with Gasteiger partial charge in [-0.15, -0.1) is 0 Å². The zero-order valence-electron chi connectivity index (χ0n) is 15.1. The number of nitrogens with one attached hydrogen (secondary N) is 2. The van der Waals surface area contributed by atoms with Crippen LogP contribution in [0.5, 0.6) is 0 Å². The minimum absolute atomic E-state index is 0.213. The predicted octanol–water partition coefficient (Wildman–Crippen LogP) is 1.98. The van der Waals surface area contributed by atoms with Crippen LogP contribution in [0.3, 0.4) is 0 Å². The number of carbonyl (C=O) groups excluding carboxylic acids is 1. The summed E-state index contributed by atoms with van der Waals surface area (Å²) < 4.78 is 1.95. The normalized spacial score (nSPS) is 10.5. The lowest BCUT2D eigenvalue weighted by Gasteiger charge is -2.13. The fourth-order valence-electron chi connectivity index (χ4n) is 2.51. The minimum atomic E-state index is -0.213. The van der Waals surface area contributed by atoms with Crippen molar-refractivity contribution >= 4 is 11.8 Å². The number of hydrogen-bond donors (Lipinski definition) is 2. The van der Waals surface area contributed by atoms with Crippen molar-refractivity contribution in [2.45, 2.75) is 40.4 Å².